The number of allylic oxidation sites excluding steroid dienone is 4. The molecule has 1 aromatic carbocycles. The quantitative estimate of drug-likeness (QED) is 0.234. The lowest BCUT2D eigenvalue weighted by Crippen LogP contribution is -2.67. The number of fused-ring (bicyclic) bond motifs is 1. The van der Waals surface area contributed by atoms with E-state index in [1.54, 1.807) is 28.4 Å². The Morgan fingerprint density at radius 2 is 1.77 bits per heavy atom. The molecule has 0 aliphatic heterocycles. The van der Waals surface area contributed by atoms with Crippen molar-refractivity contribution in [3.8, 4) is 0 Å². The van der Waals surface area contributed by atoms with Crippen LogP contribution in [0.3, 0.4) is 0 Å². The van der Waals surface area contributed by atoms with E-state index in [0.717, 1.165) is 38.5 Å². The van der Waals surface area contributed by atoms with E-state index < -0.39 is 33.8 Å². The highest BCUT2D eigenvalue weighted by atomic mass is 35.5. The number of carbonyl (C=O) groups excluding carboxylic acids is 2. The Bertz CT molecular complexity index is 1880. The lowest BCUT2D eigenvalue weighted by Gasteiger charge is -2.71. The summed E-state index contributed by atoms with van der Waals surface area (Å²) in [6, 6.07) is 8.67. The van der Waals surface area contributed by atoms with Crippen LogP contribution in [0, 0.1) is 57.1 Å². The highest BCUT2D eigenvalue weighted by Crippen LogP contribution is 2.78. The van der Waals surface area contributed by atoms with Gasteiger partial charge >= 0.3 is 6.09 Å². The molecule has 11 atom stereocenters. The fourth-order valence-corrected chi connectivity index (χ4v) is 14.2. The third kappa shape index (κ3) is 6.28. The number of ketones is 1. The molecule has 2 bridgehead atoms. The van der Waals surface area contributed by atoms with Gasteiger partial charge in [-0.1, -0.05) is 83.0 Å². The fraction of sp³-hybridized carbons (Fsp3) is 0.660. The smallest absolute Gasteiger partial charge is 0.410 e. The van der Waals surface area contributed by atoms with Crippen molar-refractivity contribution >= 4 is 34.8 Å². The number of carbonyl (C=O) groups is 2. The number of benzene rings is 1. The Morgan fingerprint density at radius 3 is 2.50 bits per heavy atom. The summed E-state index contributed by atoms with van der Waals surface area (Å²) < 4.78 is 21.7. The average Bonchev–Trinajstić information content (AvgIpc) is 3.77. The SMILES string of the molecule is CC(C)[C@H]1CC[C@H](C)C[C@@H]1OC(=O)N(CCc1cccs1)C[C@]1(O)CC[C@H]2[C@]34C=C[C@@]5(C=C3C(=O)Cc3c(F)cccc3Cl)CC(O)CC[C@]5(C)[C@H]4CC[C@@]21C. The highest BCUT2D eigenvalue weighted by molar-refractivity contribution is 7.09. The first kappa shape index (κ1) is 40.3. The number of aliphatic hydroxyl groups excluding tert-OH is 1. The van der Waals surface area contributed by atoms with Crippen LogP contribution in [0.4, 0.5) is 9.18 Å². The van der Waals surface area contributed by atoms with Crippen molar-refractivity contribution in [3.05, 3.63) is 80.8 Å². The molecule has 7 aliphatic rings. The second kappa shape index (κ2) is 14.6. The maximum atomic E-state index is 15.2. The van der Waals surface area contributed by atoms with Gasteiger partial charge in [-0.2, -0.15) is 0 Å². The Labute approximate surface area is 341 Å². The lowest BCUT2D eigenvalue weighted by atomic mass is 9.32. The number of aliphatic hydroxyl groups is 2. The van der Waals surface area contributed by atoms with E-state index in [-0.39, 0.29) is 58.8 Å². The summed E-state index contributed by atoms with van der Waals surface area (Å²) in [5, 5.41) is 26.6. The first-order valence-electron chi connectivity index (χ1n) is 21.3. The summed E-state index contributed by atoms with van der Waals surface area (Å²) in [6.07, 6.45) is 14.2. The van der Waals surface area contributed by atoms with Crippen molar-refractivity contribution in [1.82, 2.24) is 4.90 Å². The molecule has 7 aliphatic carbocycles. The molecule has 1 heterocycles. The second-order valence-corrected chi connectivity index (χ2v) is 21.0. The molecule has 9 heteroatoms. The predicted molar refractivity (Wildman–Crippen MR) is 220 cm³/mol. The molecule has 2 spiro atoms. The molecule has 9 rings (SSSR count). The number of nitrogens with zero attached hydrogens (tertiary/aromatic N) is 1. The summed E-state index contributed by atoms with van der Waals surface area (Å²) in [6.45, 7) is 11.8. The summed E-state index contributed by atoms with van der Waals surface area (Å²) in [7, 11) is 0. The van der Waals surface area contributed by atoms with Gasteiger partial charge in [-0.05, 0) is 123 Å². The standard InChI is InChI=1S/C47H61ClFNO5S/c1-29(2)33-12-11-30(3)24-39(33)55-42(53)50(22-16-32-8-7-23-56-32)28-46(54)19-15-41-44(46,5)18-14-40-43(4)17-13-31(51)26-45(43)20-21-47(40,41)35(27-45)38(52)25-34-36(48)9-6-10-37(34)49/h6-10,20-21,23,27,29-31,33,39-41,51,54H,11-19,22,24-26,28H2,1-5H3/t30-,31?,33+,39-,40+,41+,43+,44-,45-,46+,47+/m0/s1. The van der Waals surface area contributed by atoms with E-state index >= 15 is 4.39 Å². The molecule has 0 radical (unpaired) electrons. The van der Waals surface area contributed by atoms with E-state index in [1.807, 2.05) is 6.07 Å². The minimum Gasteiger partial charge on any atom is -0.446 e. The summed E-state index contributed by atoms with van der Waals surface area (Å²) >= 11 is 8.19. The van der Waals surface area contributed by atoms with Crippen molar-refractivity contribution in [2.24, 2.45) is 51.2 Å². The first-order chi connectivity index (χ1) is 26.6. The third-order valence-corrected chi connectivity index (χ3v) is 17.8. The van der Waals surface area contributed by atoms with Crippen molar-refractivity contribution in [2.75, 3.05) is 13.1 Å². The Morgan fingerprint density at radius 1 is 1.02 bits per heavy atom. The number of ether oxygens (including phenoxy) is 1. The molecule has 4 saturated carbocycles. The maximum absolute atomic E-state index is 15.2. The number of halogens is 2. The minimum atomic E-state index is -1.23. The summed E-state index contributed by atoms with van der Waals surface area (Å²) in [5.74, 6) is 0.572. The van der Waals surface area contributed by atoms with Gasteiger partial charge in [0.25, 0.3) is 0 Å². The molecule has 6 nitrogen and oxygen atoms in total. The Hall–Kier alpha value is -2.52. The van der Waals surface area contributed by atoms with E-state index in [9.17, 15) is 19.8 Å². The zero-order valence-electron chi connectivity index (χ0n) is 33.9. The lowest BCUT2D eigenvalue weighted by molar-refractivity contribution is -0.178. The number of rotatable bonds is 10. The van der Waals surface area contributed by atoms with E-state index in [1.165, 1.54) is 10.9 Å². The molecule has 56 heavy (non-hydrogen) atoms. The molecule has 1 amide bonds. The van der Waals surface area contributed by atoms with Crippen LogP contribution in [0.15, 0.2) is 59.5 Å². The predicted octanol–water partition coefficient (Wildman–Crippen LogP) is 10.4. The van der Waals surface area contributed by atoms with Gasteiger partial charge in [-0.15, -0.1) is 11.3 Å². The van der Waals surface area contributed by atoms with Crippen LogP contribution in [-0.4, -0.2) is 57.9 Å². The van der Waals surface area contributed by atoms with E-state index in [0.29, 0.717) is 62.0 Å². The van der Waals surface area contributed by atoms with Gasteiger partial charge in [-0.25, -0.2) is 9.18 Å². The zero-order chi connectivity index (χ0) is 39.8. The summed E-state index contributed by atoms with van der Waals surface area (Å²) in [5.41, 5.74) is -2.33. The molecule has 2 aromatic rings. The van der Waals surface area contributed by atoms with Gasteiger partial charge in [-0.3, -0.25) is 4.79 Å². The van der Waals surface area contributed by atoms with Crippen LogP contribution in [0.2, 0.25) is 5.02 Å². The van der Waals surface area contributed by atoms with Crippen molar-refractivity contribution < 1.29 is 28.9 Å². The van der Waals surface area contributed by atoms with Crippen LogP contribution < -0.4 is 0 Å². The van der Waals surface area contributed by atoms with Gasteiger partial charge in [0.2, 0.25) is 0 Å². The molecule has 2 N–H and O–H groups in total. The number of hydrogen-bond acceptors (Lipinski definition) is 6. The normalized spacial score (nSPS) is 39.8. The number of amides is 1. The first-order valence-corrected chi connectivity index (χ1v) is 22.6. The molecule has 1 unspecified atom stereocenters. The number of thiophene rings is 1. The maximum Gasteiger partial charge on any atom is 0.410 e. The van der Waals surface area contributed by atoms with Crippen LogP contribution in [0.1, 0.15) is 109 Å². The van der Waals surface area contributed by atoms with Crippen molar-refractivity contribution in [2.45, 2.75) is 129 Å². The Kier molecular flexibility index (Phi) is 10.5. The van der Waals surface area contributed by atoms with E-state index in [4.69, 9.17) is 16.3 Å². The second-order valence-electron chi connectivity index (χ2n) is 19.6. The number of hydrogen-bond donors (Lipinski definition) is 2. The molecule has 0 saturated heterocycles. The summed E-state index contributed by atoms with van der Waals surface area (Å²) in [4.78, 5) is 32.3. The number of Topliss-reactive ketones (excluding diaryl/α,β-unsaturated/α-hetero) is 1. The average molecular weight is 807 g/mol. The molecule has 304 valence electrons. The van der Waals surface area contributed by atoms with Gasteiger partial charge < -0.3 is 19.8 Å². The van der Waals surface area contributed by atoms with Crippen LogP contribution in [0.25, 0.3) is 0 Å². The van der Waals surface area contributed by atoms with Crippen LogP contribution >= 0.6 is 22.9 Å². The molecular weight excluding hydrogens is 745 g/mol. The van der Waals surface area contributed by atoms with Crippen molar-refractivity contribution in [1.29, 1.82) is 0 Å². The Balaban J connectivity index is 1.15. The van der Waals surface area contributed by atoms with Crippen LogP contribution in [0.5, 0.6) is 0 Å². The largest absolute Gasteiger partial charge is 0.446 e. The zero-order valence-corrected chi connectivity index (χ0v) is 35.4. The van der Waals surface area contributed by atoms with Crippen molar-refractivity contribution in [3.63, 3.8) is 0 Å². The van der Waals surface area contributed by atoms with Gasteiger partial charge in [0.05, 0.1) is 18.2 Å². The van der Waals surface area contributed by atoms with Crippen LogP contribution in [-0.2, 0) is 22.4 Å². The molecular formula is C47H61ClFNO5S. The van der Waals surface area contributed by atoms with Gasteiger partial charge in [0.1, 0.15) is 11.9 Å². The highest BCUT2D eigenvalue weighted by Gasteiger charge is 2.74. The molecule has 1 aromatic heterocycles. The fourth-order valence-electron chi connectivity index (χ4n) is 13.3. The molecule has 4 fully saturated rings. The van der Waals surface area contributed by atoms with E-state index in [2.05, 4.69) is 64.3 Å². The minimum absolute atomic E-state index is 0.0945. The third-order valence-electron chi connectivity index (χ3n) is 16.5. The van der Waals surface area contributed by atoms with Gasteiger partial charge in [0, 0.05) is 50.2 Å². The topological polar surface area (TPSA) is 87.1 Å². The van der Waals surface area contributed by atoms with Gasteiger partial charge in [0.15, 0.2) is 5.78 Å². The monoisotopic (exact) mass is 805 g/mol.